The van der Waals surface area contributed by atoms with E-state index in [0.717, 1.165) is 12.1 Å². The average molecular weight is 282 g/mol. The summed E-state index contributed by atoms with van der Waals surface area (Å²) in [6.07, 6.45) is 0. The minimum atomic E-state index is -0.742. The second-order valence-corrected chi connectivity index (χ2v) is 4.09. The number of nitrogens with one attached hydrogen (secondary N) is 1. The fraction of sp³-hybridized carbons (Fsp3) is 0. The molecule has 2 aromatic rings. The summed E-state index contributed by atoms with van der Waals surface area (Å²) in [5.74, 6) is 3.87. The molecule has 0 aliphatic heterocycles. The molecule has 0 aromatic heterocycles. The molecule has 0 saturated heterocycles. The van der Waals surface area contributed by atoms with E-state index in [1.165, 1.54) is 0 Å². The van der Waals surface area contributed by atoms with Gasteiger partial charge in [0.15, 0.2) is 5.84 Å². The van der Waals surface area contributed by atoms with Crippen LogP contribution < -0.4 is 11.3 Å². The van der Waals surface area contributed by atoms with Gasteiger partial charge in [-0.15, -0.1) is 0 Å². The van der Waals surface area contributed by atoms with Crippen LogP contribution in [0.4, 0.5) is 14.5 Å². The van der Waals surface area contributed by atoms with Crippen molar-refractivity contribution in [3.63, 3.8) is 0 Å². The van der Waals surface area contributed by atoms with Crippen LogP contribution in [0.5, 0.6) is 0 Å². The Morgan fingerprint density at radius 2 is 1.79 bits per heavy atom. The Hall–Kier alpha value is -1.98. The number of hydrogen-bond donors (Lipinski definition) is 2. The lowest BCUT2D eigenvalue weighted by Crippen LogP contribution is -2.31. The van der Waals surface area contributed by atoms with Gasteiger partial charge in [0.05, 0.1) is 16.3 Å². The van der Waals surface area contributed by atoms with Crippen molar-refractivity contribution in [2.24, 2.45) is 10.8 Å². The number of amidine groups is 1. The van der Waals surface area contributed by atoms with Crippen LogP contribution >= 0.6 is 11.6 Å². The minimum Gasteiger partial charge on any atom is -0.308 e. The van der Waals surface area contributed by atoms with E-state index in [1.54, 1.807) is 24.3 Å². The molecule has 0 heterocycles. The SMILES string of the molecule is NNC(=Nc1ccccc1)c1cc(F)c(Cl)cc1F. The van der Waals surface area contributed by atoms with Gasteiger partial charge in [-0.3, -0.25) is 0 Å². The fourth-order valence-electron chi connectivity index (χ4n) is 1.51. The first-order valence-electron chi connectivity index (χ1n) is 5.37. The van der Waals surface area contributed by atoms with E-state index in [4.69, 9.17) is 17.4 Å². The van der Waals surface area contributed by atoms with Gasteiger partial charge in [-0.1, -0.05) is 29.8 Å². The first kappa shape index (κ1) is 13.5. The van der Waals surface area contributed by atoms with E-state index >= 15 is 0 Å². The number of halogens is 3. The molecule has 0 aliphatic carbocycles. The van der Waals surface area contributed by atoms with E-state index in [0.29, 0.717) is 5.69 Å². The topological polar surface area (TPSA) is 50.4 Å². The molecule has 0 atom stereocenters. The van der Waals surface area contributed by atoms with E-state index < -0.39 is 11.6 Å². The summed E-state index contributed by atoms with van der Waals surface area (Å²) in [6.45, 7) is 0. The normalized spacial score (nSPS) is 11.5. The lowest BCUT2D eigenvalue weighted by Gasteiger charge is -2.08. The number of nitrogens with zero attached hydrogens (tertiary/aromatic N) is 1. The van der Waals surface area contributed by atoms with E-state index in [9.17, 15) is 8.78 Å². The Labute approximate surface area is 113 Å². The van der Waals surface area contributed by atoms with Crippen LogP contribution in [0.2, 0.25) is 5.02 Å². The number of benzene rings is 2. The monoisotopic (exact) mass is 281 g/mol. The van der Waals surface area contributed by atoms with Gasteiger partial charge in [-0.05, 0) is 24.3 Å². The van der Waals surface area contributed by atoms with Gasteiger partial charge < -0.3 is 5.43 Å². The molecule has 0 bridgehead atoms. The molecular formula is C13H10ClF2N3. The zero-order chi connectivity index (χ0) is 13.8. The third-order valence-electron chi connectivity index (χ3n) is 2.40. The Morgan fingerprint density at radius 1 is 1.11 bits per heavy atom. The molecule has 3 nitrogen and oxygen atoms in total. The van der Waals surface area contributed by atoms with Crippen LogP contribution in [-0.4, -0.2) is 5.84 Å². The third-order valence-corrected chi connectivity index (χ3v) is 2.69. The summed E-state index contributed by atoms with van der Waals surface area (Å²) in [6, 6.07) is 10.6. The summed E-state index contributed by atoms with van der Waals surface area (Å²) < 4.78 is 27.1. The predicted octanol–water partition coefficient (Wildman–Crippen LogP) is 3.16. The summed E-state index contributed by atoms with van der Waals surface area (Å²) in [7, 11) is 0. The maximum Gasteiger partial charge on any atom is 0.150 e. The number of hydrazine groups is 1. The van der Waals surface area contributed by atoms with Crippen LogP contribution in [0, 0.1) is 11.6 Å². The Kier molecular flexibility index (Phi) is 4.09. The van der Waals surface area contributed by atoms with Gasteiger partial charge in [0, 0.05) is 0 Å². The second-order valence-electron chi connectivity index (χ2n) is 3.69. The molecule has 0 radical (unpaired) electrons. The van der Waals surface area contributed by atoms with E-state index in [2.05, 4.69) is 10.4 Å². The highest BCUT2D eigenvalue weighted by Crippen LogP contribution is 2.20. The van der Waals surface area contributed by atoms with Crippen LogP contribution in [0.25, 0.3) is 0 Å². The number of aliphatic imine (C=N–C) groups is 1. The molecule has 19 heavy (non-hydrogen) atoms. The molecule has 0 spiro atoms. The lowest BCUT2D eigenvalue weighted by molar-refractivity contribution is 0.597. The fourth-order valence-corrected chi connectivity index (χ4v) is 1.66. The lowest BCUT2D eigenvalue weighted by atomic mass is 10.2. The highest BCUT2D eigenvalue weighted by molar-refractivity contribution is 6.30. The molecule has 0 unspecified atom stereocenters. The quantitative estimate of drug-likeness (QED) is 0.292. The van der Waals surface area contributed by atoms with Crippen LogP contribution in [0.3, 0.4) is 0 Å². The van der Waals surface area contributed by atoms with Crippen molar-refractivity contribution in [2.45, 2.75) is 0 Å². The average Bonchev–Trinajstić information content (AvgIpc) is 2.42. The van der Waals surface area contributed by atoms with Crippen molar-refractivity contribution in [2.75, 3.05) is 0 Å². The van der Waals surface area contributed by atoms with Crippen molar-refractivity contribution < 1.29 is 8.78 Å². The molecule has 0 fully saturated rings. The van der Waals surface area contributed by atoms with Crippen molar-refractivity contribution in [1.82, 2.24) is 5.43 Å². The molecular weight excluding hydrogens is 272 g/mol. The third kappa shape index (κ3) is 3.07. The number of para-hydroxylation sites is 1. The molecule has 98 valence electrons. The summed E-state index contributed by atoms with van der Waals surface area (Å²) >= 11 is 5.49. The number of rotatable bonds is 2. The highest BCUT2D eigenvalue weighted by Gasteiger charge is 2.13. The van der Waals surface area contributed by atoms with Crippen molar-refractivity contribution in [1.29, 1.82) is 0 Å². The minimum absolute atomic E-state index is 0.0132. The Bertz CT molecular complexity index is 615. The molecule has 2 aromatic carbocycles. The largest absolute Gasteiger partial charge is 0.308 e. The first-order chi connectivity index (χ1) is 9.11. The second kappa shape index (κ2) is 5.77. The maximum absolute atomic E-state index is 13.7. The van der Waals surface area contributed by atoms with E-state index in [1.807, 2.05) is 6.07 Å². The Morgan fingerprint density at radius 3 is 2.42 bits per heavy atom. The zero-order valence-electron chi connectivity index (χ0n) is 9.70. The molecule has 6 heteroatoms. The van der Waals surface area contributed by atoms with Gasteiger partial charge in [-0.25, -0.2) is 19.6 Å². The summed E-state index contributed by atoms with van der Waals surface area (Å²) in [5, 5.41) is -0.294. The standard InChI is InChI=1S/C13H10ClF2N3/c14-10-7-11(15)9(6-12(10)16)13(19-17)18-8-4-2-1-3-5-8/h1-7H,17H2,(H,18,19). The van der Waals surface area contributed by atoms with Gasteiger partial charge in [-0.2, -0.15) is 0 Å². The van der Waals surface area contributed by atoms with Crippen molar-refractivity contribution in [3.05, 3.63) is 64.7 Å². The summed E-state index contributed by atoms with van der Waals surface area (Å²) in [5.41, 5.74) is 2.73. The van der Waals surface area contributed by atoms with Crippen LogP contribution in [-0.2, 0) is 0 Å². The van der Waals surface area contributed by atoms with Crippen molar-refractivity contribution >= 4 is 23.1 Å². The zero-order valence-corrected chi connectivity index (χ0v) is 10.5. The Balaban J connectivity index is 2.49. The van der Waals surface area contributed by atoms with Gasteiger partial charge in [0.25, 0.3) is 0 Å². The number of hydrogen-bond acceptors (Lipinski definition) is 2. The number of nitrogens with two attached hydrogens (primary N) is 1. The smallest absolute Gasteiger partial charge is 0.150 e. The van der Waals surface area contributed by atoms with E-state index in [-0.39, 0.29) is 16.4 Å². The van der Waals surface area contributed by atoms with Crippen molar-refractivity contribution in [3.8, 4) is 0 Å². The van der Waals surface area contributed by atoms with Gasteiger partial charge in [0.1, 0.15) is 11.6 Å². The molecule has 0 amide bonds. The van der Waals surface area contributed by atoms with Gasteiger partial charge in [0.2, 0.25) is 0 Å². The molecule has 0 aliphatic rings. The van der Waals surface area contributed by atoms with Crippen LogP contribution in [0.1, 0.15) is 5.56 Å². The molecule has 2 rings (SSSR count). The highest BCUT2D eigenvalue weighted by atomic mass is 35.5. The molecule has 3 N–H and O–H groups in total. The van der Waals surface area contributed by atoms with Gasteiger partial charge >= 0.3 is 0 Å². The van der Waals surface area contributed by atoms with Crippen LogP contribution in [0.15, 0.2) is 47.5 Å². The predicted molar refractivity (Wildman–Crippen MR) is 71.3 cm³/mol. The molecule has 0 saturated carbocycles. The first-order valence-corrected chi connectivity index (χ1v) is 5.75. The summed E-state index contributed by atoms with van der Waals surface area (Å²) in [4.78, 5) is 4.11. The maximum atomic E-state index is 13.7.